The molecule has 1 amide bonds. The average molecular weight is 427 g/mol. The first-order chi connectivity index (χ1) is 14.2. The summed E-state index contributed by atoms with van der Waals surface area (Å²) in [5, 5.41) is 12.4. The van der Waals surface area contributed by atoms with Gasteiger partial charge in [-0.25, -0.2) is 4.68 Å². The van der Waals surface area contributed by atoms with E-state index in [0.29, 0.717) is 39.7 Å². The first kappa shape index (κ1) is 18.0. The van der Waals surface area contributed by atoms with Crippen molar-refractivity contribution in [3.05, 3.63) is 57.9 Å². The molecule has 0 bridgehead atoms. The molecule has 0 spiro atoms. The van der Waals surface area contributed by atoms with E-state index in [1.54, 1.807) is 23.0 Å². The summed E-state index contributed by atoms with van der Waals surface area (Å²) in [6, 6.07) is 13.1. The van der Waals surface area contributed by atoms with Gasteiger partial charge in [-0.05, 0) is 18.6 Å². The molecule has 1 aliphatic heterocycles. The second kappa shape index (κ2) is 7.41. The van der Waals surface area contributed by atoms with E-state index < -0.39 is 0 Å². The lowest BCUT2D eigenvalue weighted by Crippen LogP contribution is -2.28. The maximum Gasteiger partial charge on any atom is 0.280 e. The number of rotatable bonds is 4. The van der Waals surface area contributed by atoms with Gasteiger partial charge in [0.2, 0.25) is 5.82 Å². The molecule has 0 saturated carbocycles. The molecule has 29 heavy (non-hydrogen) atoms. The summed E-state index contributed by atoms with van der Waals surface area (Å²) in [6.45, 7) is 1.23. The van der Waals surface area contributed by atoms with Crippen LogP contribution in [-0.4, -0.2) is 49.0 Å². The highest BCUT2D eigenvalue weighted by molar-refractivity contribution is 7.17. The predicted octanol–water partition coefficient (Wildman–Crippen LogP) is 3.80. The number of hydrogen-bond donors (Lipinski definition) is 0. The lowest BCUT2D eigenvalue weighted by atomic mass is 10.2. The van der Waals surface area contributed by atoms with Gasteiger partial charge >= 0.3 is 0 Å². The summed E-state index contributed by atoms with van der Waals surface area (Å²) in [6.07, 6.45) is 2.58. The predicted molar refractivity (Wildman–Crippen MR) is 108 cm³/mol. The van der Waals surface area contributed by atoms with Gasteiger partial charge in [0, 0.05) is 18.7 Å². The summed E-state index contributed by atoms with van der Waals surface area (Å²) in [5.41, 5.74) is 1.38. The van der Waals surface area contributed by atoms with Crippen LogP contribution in [0.4, 0.5) is 0 Å². The number of nitrogens with zero attached hydrogens (tertiary/aromatic N) is 6. The number of likely N-dealkylation sites (tertiary alicyclic amines) is 1. The lowest BCUT2D eigenvalue weighted by Gasteiger charge is -2.15. The number of hydrogen-bond acceptors (Lipinski definition) is 7. The first-order valence-electron chi connectivity index (χ1n) is 9.03. The molecule has 0 unspecified atom stereocenters. The van der Waals surface area contributed by atoms with Gasteiger partial charge in [-0.15, -0.1) is 16.4 Å². The van der Waals surface area contributed by atoms with Crippen molar-refractivity contribution in [2.45, 2.75) is 12.5 Å². The number of carbonyl (C=O) groups is 1. The van der Waals surface area contributed by atoms with Crippen LogP contribution in [0.2, 0.25) is 4.34 Å². The van der Waals surface area contributed by atoms with E-state index >= 15 is 0 Å². The minimum atomic E-state index is -0.00542. The fourth-order valence-electron chi connectivity index (χ4n) is 3.31. The highest BCUT2D eigenvalue weighted by Crippen LogP contribution is 2.28. The van der Waals surface area contributed by atoms with Gasteiger partial charge < -0.3 is 9.42 Å². The van der Waals surface area contributed by atoms with E-state index in [2.05, 4.69) is 20.5 Å². The van der Waals surface area contributed by atoms with E-state index in [0.717, 1.165) is 12.0 Å². The third-order valence-electron chi connectivity index (χ3n) is 4.80. The summed E-state index contributed by atoms with van der Waals surface area (Å²) < 4.78 is 7.72. The Morgan fingerprint density at radius 2 is 2.07 bits per heavy atom. The van der Waals surface area contributed by atoms with Gasteiger partial charge in [0.25, 0.3) is 11.8 Å². The molecule has 1 fully saturated rings. The molecule has 0 aliphatic carbocycles. The van der Waals surface area contributed by atoms with E-state index in [1.165, 1.54) is 11.3 Å². The summed E-state index contributed by atoms with van der Waals surface area (Å²) in [4.78, 5) is 19.5. The van der Waals surface area contributed by atoms with E-state index in [9.17, 15) is 4.79 Å². The molecular formula is C19H15ClN6O2S. The molecule has 1 aliphatic rings. The Bertz CT molecular complexity index is 1150. The minimum Gasteiger partial charge on any atom is -0.336 e. The minimum absolute atomic E-state index is 0.00542. The van der Waals surface area contributed by atoms with Gasteiger partial charge in [-0.1, -0.05) is 52.3 Å². The molecule has 8 nitrogen and oxygen atoms in total. The molecule has 146 valence electrons. The van der Waals surface area contributed by atoms with Crippen LogP contribution >= 0.6 is 22.9 Å². The number of carbonyl (C=O) groups excluding carboxylic acids is 1. The van der Waals surface area contributed by atoms with Crippen molar-refractivity contribution in [1.82, 2.24) is 30.0 Å². The number of halogens is 1. The zero-order chi connectivity index (χ0) is 19.8. The van der Waals surface area contributed by atoms with Crippen molar-refractivity contribution in [2.24, 2.45) is 0 Å². The van der Waals surface area contributed by atoms with E-state index in [-0.39, 0.29) is 11.9 Å². The molecule has 5 rings (SSSR count). The van der Waals surface area contributed by atoms with Crippen LogP contribution in [0.3, 0.4) is 0 Å². The van der Waals surface area contributed by atoms with Crippen LogP contribution in [-0.2, 0) is 0 Å². The molecule has 0 radical (unpaired) electrons. The Labute approximate surface area is 174 Å². The van der Waals surface area contributed by atoms with Gasteiger partial charge in [0.05, 0.1) is 21.5 Å². The van der Waals surface area contributed by atoms with Crippen molar-refractivity contribution in [3.63, 3.8) is 0 Å². The summed E-state index contributed by atoms with van der Waals surface area (Å²) >= 11 is 7.24. The Kier molecular flexibility index (Phi) is 4.61. The molecular weight excluding hydrogens is 412 g/mol. The van der Waals surface area contributed by atoms with E-state index in [4.69, 9.17) is 16.1 Å². The molecule has 4 heterocycles. The summed E-state index contributed by atoms with van der Waals surface area (Å²) in [5.74, 6) is 0.811. The van der Waals surface area contributed by atoms with Crippen molar-refractivity contribution in [2.75, 3.05) is 13.1 Å². The number of amides is 1. The fourth-order valence-corrected chi connectivity index (χ4v) is 4.32. The standard InChI is InChI=1S/C19H15ClN6O2S/c20-16-7-6-15(29-16)19(27)25-9-8-13(10-25)26-11-14(22-24-26)18-21-17(23-28-18)12-4-2-1-3-5-12/h1-7,11,13H,8-10H2/t13-/m1/s1. The lowest BCUT2D eigenvalue weighted by molar-refractivity contribution is 0.0791. The Hall–Kier alpha value is -3.04. The number of thiophene rings is 1. The smallest absolute Gasteiger partial charge is 0.280 e. The number of aromatic nitrogens is 5. The maximum atomic E-state index is 12.6. The van der Waals surface area contributed by atoms with Crippen LogP contribution in [0.1, 0.15) is 22.1 Å². The zero-order valence-electron chi connectivity index (χ0n) is 15.1. The third-order valence-corrected chi connectivity index (χ3v) is 6.02. The van der Waals surface area contributed by atoms with Crippen LogP contribution in [0.15, 0.2) is 53.2 Å². The van der Waals surface area contributed by atoms with Gasteiger partial charge in [-0.3, -0.25) is 4.79 Å². The molecule has 10 heteroatoms. The topological polar surface area (TPSA) is 89.9 Å². The second-order valence-corrected chi connectivity index (χ2v) is 8.39. The monoisotopic (exact) mass is 426 g/mol. The Morgan fingerprint density at radius 1 is 1.21 bits per heavy atom. The molecule has 3 aromatic heterocycles. The molecule has 0 N–H and O–H groups in total. The zero-order valence-corrected chi connectivity index (χ0v) is 16.7. The van der Waals surface area contributed by atoms with Gasteiger partial charge in [-0.2, -0.15) is 4.98 Å². The Balaban J connectivity index is 1.30. The first-order valence-corrected chi connectivity index (χ1v) is 10.2. The van der Waals surface area contributed by atoms with Crippen LogP contribution in [0.5, 0.6) is 0 Å². The normalized spacial score (nSPS) is 16.4. The molecule has 1 atom stereocenters. The fraction of sp³-hybridized carbons (Fsp3) is 0.211. The average Bonchev–Trinajstić information content (AvgIpc) is 3.54. The third kappa shape index (κ3) is 3.54. The highest BCUT2D eigenvalue weighted by atomic mass is 35.5. The van der Waals surface area contributed by atoms with Crippen molar-refractivity contribution < 1.29 is 9.32 Å². The summed E-state index contributed by atoms with van der Waals surface area (Å²) in [7, 11) is 0. The largest absolute Gasteiger partial charge is 0.336 e. The van der Waals surface area contributed by atoms with Crippen LogP contribution < -0.4 is 0 Å². The van der Waals surface area contributed by atoms with Crippen molar-refractivity contribution >= 4 is 28.8 Å². The maximum absolute atomic E-state index is 12.6. The molecule has 1 saturated heterocycles. The van der Waals surface area contributed by atoms with Gasteiger partial charge in [0.1, 0.15) is 0 Å². The van der Waals surface area contributed by atoms with Crippen molar-refractivity contribution in [1.29, 1.82) is 0 Å². The Morgan fingerprint density at radius 3 is 2.86 bits per heavy atom. The SMILES string of the molecule is O=C(c1ccc(Cl)s1)N1CC[C@@H](n2cc(-c3nc(-c4ccccc4)no3)nn2)C1. The van der Waals surface area contributed by atoms with Crippen LogP contribution in [0, 0.1) is 0 Å². The molecule has 4 aromatic rings. The van der Waals surface area contributed by atoms with Crippen LogP contribution in [0.25, 0.3) is 23.0 Å². The van der Waals surface area contributed by atoms with Crippen molar-refractivity contribution in [3.8, 4) is 23.0 Å². The van der Waals surface area contributed by atoms with Gasteiger partial charge in [0.15, 0.2) is 5.69 Å². The quantitative estimate of drug-likeness (QED) is 0.493. The molecule has 1 aromatic carbocycles. The second-order valence-electron chi connectivity index (χ2n) is 6.67. The van der Waals surface area contributed by atoms with E-state index in [1.807, 2.05) is 35.2 Å². The number of benzene rings is 1. The highest BCUT2D eigenvalue weighted by Gasteiger charge is 2.30.